The van der Waals surface area contributed by atoms with Gasteiger partial charge in [-0.1, -0.05) is 79.8 Å². The van der Waals surface area contributed by atoms with Gasteiger partial charge in [0.25, 0.3) is 0 Å². The minimum Gasteiger partial charge on any atom is -0.469 e. The summed E-state index contributed by atoms with van der Waals surface area (Å²) >= 11 is 0. The Balaban J connectivity index is 3.75. The average Bonchev–Trinajstić information content (AvgIpc) is 2.65. The highest BCUT2D eigenvalue weighted by atomic mass is 16.5. The summed E-state index contributed by atoms with van der Waals surface area (Å²) in [4.78, 5) is 10.9. The van der Waals surface area contributed by atoms with Gasteiger partial charge in [0.15, 0.2) is 0 Å². The number of unbranched alkanes of at least 4 members (excludes halogenated alkanes) is 1. The highest BCUT2D eigenvalue weighted by Crippen LogP contribution is 2.00. The summed E-state index contributed by atoms with van der Waals surface area (Å²) < 4.78 is 4.57. The smallest absolute Gasteiger partial charge is 0.305 e. The van der Waals surface area contributed by atoms with Gasteiger partial charge in [0, 0.05) is 6.42 Å². The second-order valence-corrected chi connectivity index (χ2v) is 5.75. The molecule has 0 heterocycles. The van der Waals surface area contributed by atoms with Crippen LogP contribution in [0.5, 0.6) is 0 Å². The van der Waals surface area contributed by atoms with Crippen molar-refractivity contribution >= 4 is 5.97 Å². The van der Waals surface area contributed by atoms with Crippen LogP contribution in [-0.2, 0) is 9.53 Å². The number of ether oxygens (including phenoxy) is 1. The number of aliphatic hydroxyl groups is 1. The number of carbonyl (C=O) groups excluding carboxylic acids is 1. The van der Waals surface area contributed by atoms with Crippen molar-refractivity contribution in [2.24, 2.45) is 0 Å². The van der Waals surface area contributed by atoms with Crippen molar-refractivity contribution < 1.29 is 14.6 Å². The minimum absolute atomic E-state index is 0.186. The van der Waals surface area contributed by atoms with Gasteiger partial charge in [0.1, 0.15) is 0 Å². The zero-order chi connectivity index (χ0) is 19.3. The molecule has 0 aliphatic heterocycles. The van der Waals surface area contributed by atoms with Crippen molar-refractivity contribution in [2.75, 3.05) is 7.11 Å². The van der Waals surface area contributed by atoms with Crippen LogP contribution in [0.2, 0.25) is 0 Å². The van der Waals surface area contributed by atoms with Crippen LogP contribution < -0.4 is 0 Å². The molecule has 1 N–H and O–H groups in total. The van der Waals surface area contributed by atoms with Crippen molar-refractivity contribution in [1.82, 2.24) is 0 Å². The molecule has 0 aliphatic rings. The zero-order valence-corrected chi connectivity index (χ0v) is 16.2. The molecular formula is C23H34O3. The fraction of sp³-hybridized carbons (Fsp3) is 0.435. The summed E-state index contributed by atoms with van der Waals surface area (Å²) in [7, 11) is 1.40. The topological polar surface area (TPSA) is 46.5 Å². The maximum absolute atomic E-state index is 10.9. The van der Waals surface area contributed by atoms with E-state index in [0.29, 0.717) is 19.3 Å². The monoisotopic (exact) mass is 358 g/mol. The van der Waals surface area contributed by atoms with Crippen LogP contribution in [-0.4, -0.2) is 24.3 Å². The first kappa shape index (κ1) is 23.9. The second-order valence-electron chi connectivity index (χ2n) is 5.75. The lowest BCUT2D eigenvalue weighted by molar-refractivity contribution is -0.140. The van der Waals surface area contributed by atoms with Gasteiger partial charge < -0.3 is 9.84 Å². The van der Waals surface area contributed by atoms with Gasteiger partial charge in [0.05, 0.1) is 13.2 Å². The zero-order valence-electron chi connectivity index (χ0n) is 16.2. The molecular weight excluding hydrogens is 324 g/mol. The van der Waals surface area contributed by atoms with Crippen molar-refractivity contribution in [3.63, 3.8) is 0 Å². The van der Waals surface area contributed by atoms with Crippen LogP contribution in [0.15, 0.2) is 72.9 Å². The Morgan fingerprint density at radius 2 is 1.58 bits per heavy atom. The Bertz CT molecular complexity index is 508. The molecule has 0 aromatic rings. The van der Waals surface area contributed by atoms with Crippen LogP contribution in [0.4, 0.5) is 0 Å². The molecule has 0 bridgehead atoms. The van der Waals surface area contributed by atoms with Crippen molar-refractivity contribution in [3.8, 4) is 0 Å². The molecule has 144 valence electrons. The van der Waals surface area contributed by atoms with Gasteiger partial charge >= 0.3 is 5.97 Å². The van der Waals surface area contributed by atoms with Gasteiger partial charge in [-0.15, -0.1) is 0 Å². The molecule has 0 aromatic carbocycles. The van der Waals surface area contributed by atoms with Crippen molar-refractivity contribution in [3.05, 3.63) is 72.9 Å². The first-order valence-corrected chi connectivity index (χ1v) is 9.40. The summed E-state index contributed by atoms with van der Waals surface area (Å²) in [5.41, 5.74) is 0. The van der Waals surface area contributed by atoms with Crippen LogP contribution in [0.1, 0.15) is 51.9 Å². The molecule has 0 saturated heterocycles. The van der Waals surface area contributed by atoms with E-state index in [1.54, 1.807) is 6.08 Å². The van der Waals surface area contributed by atoms with Gasteiger partial charge in [-0.3, -0.25) is 4.79 Å². The quantitative estimate of drug-likeness (QED) is 0.190. The van der Waals surface area contributed by atoms with E-state index < -0.39 is 6.10 Å². The van der Waals surface area contributed by atoms with E-state index in [0.717, 1.165) is 25.7 Å². The Kier molecular flexibility index (Phi) is 17.6. The van der Waals surface area contributed by atoms with Gasteiger partial charge in [-0.05, 0) is 38.5 Å². The molecule has 3 nitrogen and oxygen atoms in total. The SMILES string of the molecule is CC/C=C\CC/C=C/C=C\C=C\C(O)C/C=C\C/C=C\CCC(=O)OC. The standard InChI is InChI=1S/C23H34O3/c1-3-4-5-6-7-8-9-10-13-16-19-22(24)20-17-14-11-12-15-18-21-23(25)26-2/h4-5,8-10,12-17,19,22,24H,3,6-7,11,18,20-21H2,1-2H3/b5-4-,9-8+,13-10-,15-12-,17-14-,19-16+. The lowest BCUT2D eigenvalue weighted by atomic mass is 10.2. The number of hydrogen-bond donors (Lipinski definition) is 1. The van der Waals surface area contributed by atoms with E-state index in [-0.39, 0.29) is 5.97 Å². The first-order valence-electron chi connectivity index (χ1n) is 9.40. The Morgan fingerprint density at radius 1 is 0.885 bits per heavy atom. The molecule has 0 saturated carbocycles. The third-order valence-corrected chi connectivity index (χ3v) is 3.43. The highest BCUT2D eigenvalue weighted by molar-refractivity contribution is 5.69. The van der Waals surface area contributed by atoms with Crippen molar-refractivity contribution in [1.29, 1.82) is 0 Å². The molecule has 3 heteroatoms. The lowest BCUT2D eigenvalue weighted by Crippen LogP contribution is -1.98. The predicted molar refractivity (Wildman–Crippen MR) is 111 cm³/mol. The van der Waals surface area contributed by atoms with E-state index in [2.05, 4.69) is 29.9 Å². The molecule has 1 unspecified atom stereocenters. The third-order valence-electron chi connectivity index (χ3n) is 3.43. The normalized spacial score (nSPS) is 14.1. The summed E-state index contributed by atoms with van der Waals surface area (Å²) in [6.45, 7) is 2.14. The Morgan fingerprint density at radius 3 is 2.35 bits per heavy atom. The van der Waals surface area contributed by atoms with E-state index in [4.69, 9.17) is 0 Å². The second kappa shape index (κ2) is 19.2. The third kappa shape index (κ3) is 18.2. The summed E-state index contributed by atoms with van der Waals surface area (Å²) in [5, 5.41) is 9.83. The summed E-state index contributed by atoms with van der Waals surface area (Å²) in [6, 6.07) is 0. The Hall–Kier alpha value is -2.13. The maximum Gasteiger partial charge on any atom is 0.305 e. The van der Waals surface area contributed by atoms with Crippen LogP contribution in [0, 0.1) is 0 Å². The van der Waals surface area contributed by atoms with E-state index in [1.807, 2.05) is 48.6 Å². The van der Waals surface area contributed by atoms with E-state index in [1.165, 1.54) is 7.11 Å². The molecule has 0 aromatic heterocycles. The van der Waals surface area contributed by atoms with Crippen LogP contribution >= 0.6 is 0 Å². The predicted octanol–water partition coefficient (Wildman–Crippen LogP) is 5.61. The maximum atomic E-state index is 10.9. The number of rotatable bonds is 14. The molecule has 1 atom stereocenters. The van der Waals surface area contributed by atoms with Gasteiger partial charge in [-0.25, -0.2) is 0 Å². The summed E-state index contributed by atoms with van der Waals surface area (Å²) in [6.07, 6.45) is 29.3. The highest BCUT2D eigenvalue weighted by Gasteiger charge is 1.95. The van der Waals surface area contributed by atoms with Crippen LogP contribution in [0.3, 0.4) is 0 Å². The number of carbonyl (C=O) groups is 1. The average molecular weight is 359 g/mol. The lowest BCUT2D eigenvalue weighted by Gasteiger charge is -1.98. The molecule has 26 heavy (non-hydrogen) atoms. The largest absolute Gasteiger partial charge is 0.469 e. The van der Waals surface area contributed by atoms with E-state index in [9.17, 15) is 9.90 Å². The van der Waals surface area contributed by atoms with Crippen molar-refractivity contribution in [2.45, 2.75) is 58.0 Å². The molecule has 0 rings (SSSR count). The van der Waals surface area contributed by atoms with Crippen LogP contribution in [0.25, 0.3) is 0 Å². The summed E-state index contributed by atoms with van der Waals surface area (Å²) in [5.74, 6) is -0.186. The minimum atomic E-state index is -0.470. The fourth-order valence-electron chi connectivity index (χ4n) is 1.98. The fourth-order valence-corrected chi connectivity index (χ4v) is 1.98. The number of esters is 1. The van der Waals surface area contributed by atoms with Gasteiger partial charge in [-0.2, -0.15) is 0 Å². The molecule has 0 fully saturated rings. The molecule has 0 amide bonds. The van der Waals surface area contributed by atoms with E-state index >= 15 is 0 Å². The first-order chi connectivity index (χ1) is 12.7. The number of allylic oxidation sites excluding steroid dienone is 10. The Labute approximate surface area is 159 Å². The molecule has 0 spiro atoms. The number of methoxy groups -OCH3 is 1. The number of hydrogen-bond acceptors (Lipinski definition) is 3. The van der Waals surface area contributed by atoms with Gasteiger partial charge in [0.2, 0.25) is 0 Å². The number of aliphatic hydroxyl groups excluding tert-OH is 1. The molecule has 0 aliphatic carbocycles. The molecule has 0 radical (unpaired) electrons.